The van der Waals surface area contributed by atoms with E-state index in [9.17, 15) is 8.42 Å². The number of aryl methyl sites for hydroxylation is 1. The van der Waals surface area contributed by atoms with Gasteiger partial charge in [-0.2, -0.15) is 4.31 Å². The van der Waals surface area contributed by atoms with E-state index in [2.05, 4.69) is 15.9 Å². The van der Waals surface area contributed by atoms with Crippen LogP contribution in [0.1, 0.15) is 31.2 Å². The molecule has 2 rings (SSSR count). The Kier molecular flexibility index (Phi) is 5.03. The van der Waals surface area contributed by atoms with Gasteiger partial charge in [-0.25, -0.2) is 8.42 Å². The zero-order chi connectivity index (χ0) is 13.9. The van der Waals surface area contributed by atoms with Gasteiger partial charge in [-0.05, 0) is 37.5 Å². The van der Waals surface area contributed by atoms with Gasteiger partial charge in [0.15, 0.2) is 0 Å². The topological polar surface area (TPSA) is 37.4 Å². The van der Waals surface area contributed by atoms with Crippen molar-refractivity contribution in [2.24, 2.45) is 0 Å². The Hall–Kier alpha value is -0.390. The Morgan fingerprint density at radius 3 is 2.58 bits per heavy atom. The first-order valence-electron chi connectivity index (χ1n) is 6.70. The molecule has 1 aromatic carbocycles. The predicted molar refractivity (Wildman–Crippen MR) is 81.1 cm³/mol. The van der Waals surface area contributed by atoms with Gasteiger partial charge >= 0.3 is 0 Å². The van der Waals surface area contributed by atoms with Crippen LogP contribution >= 0.6 is 15.9 Å². The van der Waals surface area contributed by atoms with E-state index in [0.29, 0.717) is 16.8 Å². The number of nitrogens with zero attached hydrogens (tertiary/aromatic N) is 1. The molecule has 3 nitrogen and oxygen atoms in total. The molecule has 1 aliphatic rings. The van der Waals surface area contributed by atoms with Gasteiger partial charge in [-0.15, -0.1) is 0 Å². The third-order valence-corrected chi connectivity index (χ3v) is 5.94. The number of alkyl halides is 1. The maximum absolute atomic E-state index is 12.8. The van der Waals surface area contributed by atoms with E-state index in [1.54, 1.807) is 16.4 Å². The van der Waals surface area contributed by atoms with E-state index in [0.717, 1.165) is 31.2 Å². The highest BCUT2D eigenvalue weighted by atomic mass is 79.9. The lowest BCUT2D eigenvalue weighted by molar-refractivity contribution is 0.338. The maximum atomic E-state index is 12.8. The Bertz CT molecular complexity index is 524. The molecule has 0 aromatic heterocycles. The van der Waals surface area contributed by atoms with Crippen molar-refractivity contribution in [3.8, 4) is 0 Å². The van der Waals surface area contributed by atoms with Crippen LogP contribution in [0.4, 0.5) is 0 Å². The van der Waals surface area contributed by atoms with E-state index >= 15 is 0 Å². The molecule has 19 heavy (non-hydrogen) atoms. The minimum absolute atomic E-state index is 0.170. The summed E-state index contributed by atoms with van der Waals surface area (Å²) >= 11 is 3.37. The van der Waals surface area contributed by atoms with Gasteiger partial charge in [-0.1, -0.05) is 40.9 Å². The molecular formula is C14H20BrNO2S. The minimum Gasteiger partial charge on any atom is -0.207 e. The molecule has 0 N–H and O–H groups in total. The van der Waals surface area contributed by atoms with Crippen molar-refractivity contribution >= 4 is 26.0 Å². The lowest BCUT2D eigenvalue weighted by Gasteiger charge is -2.27. The Balaban J connectivity index is 2.33. The molecule has 1 saturated carbocycles. The van der Waals surface area contributed by atoms with Gasteiger partial charge in [-0.3, -0.25) is 0 Å². The fourth-order valence-electron chi connectivity index (χ4n) is 2.69. The number of benzene rings is 1. The third-order valence-electron chi connectivity index (χ3n) is 3.63. The molecule has 5 heteroatoms. The number of hydrogen-bond donors (Lipinski definition) is 0. The van der Waals surface area contributed by atoms with E-state index in [-0.39, 0.29) is 6.04 Å². The van der Waals surface area contributed by atoms with Crippen LogP contribution in [0.15, 0.2) is 29.2 Å². The number of halogens is 1. The highest BCUT2D eigenvalue weighted by Crippen LogP contribution is 2.28. The van der Waals surface area contributed by atoms with E-state index in [1.165, 1.54) is 0 Å². The molecule has 0 amide bonds. The second-order valence-corrected chi connectivity index (χ2v) is 7.74. The van der Waals surface area contributed by atoms with Gasteiger partial charge in [0.1, 0.15) is 0 Å². The summed E-state index contributed by atoms with van der Waals surface area (Å²) in [5.41, 5.74) is 0.978. The smallest absolute Gasteiger partial charge is 0.207 e. The van der Waals surface area contributed by atoms with Crippen molar-refractivity contribution in [2.45, 2.75) is 43.5 Å². The lowest BCUT2D eigenvalue weighted by atomic mass is 10.2. The quantitative estimate of drug-likeness (QED) is 0.767. The molecule has 0 spiro atoms. The molecular weight excluding hydrogens is 326 g/mol. The first-order chi connectivity index (χ1) is 9.05. The van der Waals surface area contributed by atoms with Crippen molar-refractivity contribution in [2.75, 3.05) is 11.9 Å². The maximum Gasteiger partial charge on any atom is 0.243 e. The van der Waals surface area contributed by atoms with Crippen molar-refractivity contribution < 1.29 is 8.42 Å². The summed E-state index contributed by atoms with van der Waals surface area (Å²) in [6.07, 6.45) is 4.23. The van der Waals surface area contributed by atoms with Gasteiger partial charge < -0.3 is 0 Å². The SMILES string of the molecule is Cc1cccc(S(=O)(=O)N(CCBr)C2CCCC2)c1. The summed E-state index contributed by atoms with van der Waals surface area (Å²) in [6, 6.07) is 7.35. The number of hydrogen-bond acceptors (Lipinski definition) is 2. The molecule has 0 aliphatic heterocycles. The molecule has 106 valence electrons. The predicted octanol–water partition coefficient (Wildman–Crippen LogP) is 3.32. The first-order valence-corrected chi connectivity index (χ1v) is 9.26. The normalized spacial score (nSPS) is 17.2. The van der Waals surface area contributed by atoms with Gasteiger partial charge in [0, 0.05) is 17.9 Å². The molecule has 0 radical (unpaired) electrons. The van der Waals surface area contributed by atoms with Crippen molar-refractivity contribution in [3.05, 3.63) is 29.8 Å². The average molecular weight is 346 g/mol. The Morgan fingerprint density at radius 1 is 1.32 bits per heavy atom. The van der Waals surface area contributed by atoms with Crippen LogP contribution < -0.4 is 0 Å². The molecule has 0 atom stereocenters. The van der Waals surface area contributed by atoms with Crippen molar-refractivity contribution in [1.29, 1.82) is 0 Å². The molecule has 1 fully saturated rings. The Morgan fingerprint density at radius 2 is 2.00 bits per heavy atom. The standard InChI is InChI=1S/C14H20BrNO2S/c1-12-5-4-8-14(11-12)19(17,18)16(10-9-15)13-6-2-3-7-13/h4-5,8,11,13H,2-3,6-7,9-10H2,1H3. The Labute approximate surface area is 124 Å². The highest BCUT2D eigenvalue weighted by Gasteiger charge is 2.32. The summed E-state index contributed by atoms with van der Waals surface area (Å²) in [7, 11) is -3.37. The van der Waals surface area contributed by atoms with Gasteiger partial charge in [0.05, 0.1) is 4.90 Å². The number of rotatable bonds is 5. The van der Waals surface area contributed by atoms with E-state index < -0.39 is 10.0 Å². The summed E-state index contributed by atoms with van der Waals surface area (Å²) in [4.78, 5) is 0.417. The highest BCUT2D eigenvalue weighted by molar-refractivity contribution is 9.09. The molecule has 0 unspecified atom stereocenters. The molecule has 1 aromatic rings. The summed E-state index contributed by atoms with van der Waals surface area (Å²) in [6.45, 7) is 2.46. The zero-order valence-corrected chi connectivity index (χ0v) is 13.6. The molecule has 0 saturated heterocycles. The van der Waals surface area contributed by atoms with Crippen LogP contribution in [0.2, 0.25) is 0 Å². The fraction of sp³-hybridized carbons (Fsp3) is 0.571. The van der Waals surface area contributed by atoms with E-state index in [4.69, 9.17) is 0 Å². The van der Waals surface area contributed by atoms with Crippen LogP contribution in [0, 0.1) is 6.92 Å². The van der Waals surface area contributed by atoms with Crippen LogP contribution in [0.5, 0.6) is 0 Å². The van der Waals surface area contributed by atoms with E-state index in [1.807, 2.05) is 19.1 Å². The second-order valence-electron chi connectivity index (χ2n) is 5.06. The van der Waals surface area contributed by atoms with Crippen LogP contribution in [-0.2, 0) is 10.0 Å². The fourth-order valence-corrected chi connectivity index (χ4v) is 5.09. The van der Waals surface area contributed by atoms with Gasteiger partial charge in [0.25, 0.3) is 0 Å². The van der Waals surface area contributed by atoms with Crippen molar-refractivity contribution in [3.63, 3.8) is 0 Å². The average Bonchev–Trinajstić information content (AvgIpc) is 2.89. The largest absolute Gasteiger partial charge is 0.243 e. The van der Waals surface area contributed by atoms with Crippen molar-refractivity contribution in [1.82, 2.24) is 4.31 Å². The molecule has 0 bridgehead atoms. The molecule has 0 heterocycles. The summed E-state index contributed by atoms with van der Waals surface area (Å²) < 4.78 is 27.2. The van der Waals surface area contributed by atoms with Gasteiger partial charge in [0.2, 0.25) is 10.0 Å². The lowest BCUT2D eigenvalue weighted by Crippen LogP contribution is -2.40. The summed E-state index contributed by atoms with van der Waals surface area (Å²) in [5.74, 6) is 0. The van der Waals surface area contributed by atoms with Crippen LogP contribution in [-0.4, -0.2) is 30.6 Å². The number of sulfonamides is 1. The summed E-state index contributed by atoms with van der Waals surface area (Å²) in [5, 5.41) is 0.675. The first kappa shape index (κ1) is 15.0. The third kappa shape index (κ3) is 3.38. The van der Waals surface area contributed by atoms with Crippen LogP contribution in [0.25, 0.3) is 0 Å². The zero-order valence-electron chi connectivity index (χ0n) is 11.2. The monoisotopic (exact) mass is 345 g/mol. The molecule has 1 aliphatic carbocycles. The second kappa shape index (κ2) is 6.37. The minimum atomic E-state index is -3.37. The van der Waals surface area contributed by atoms with Crippen LogP contribution in [0.3, 0.4) is 0 Å².